The molecule has 1 aliphatic rings. The smallest absolute Gasteiger partial charge is 0.227 e. The number of rotatable bonds is 5. The van der Waals surface area contributed by atoms with Crippen LogP contribution in [0.1, 0.15) is 39.2 Å². The highest BCUT2D eigenvalue weighted by atomic mass is 16.5. The molecule has 1 amide bonds. The highest BCUT2D eigenvalue weighted by molar-refractivity contribution is 5.79. The van der Waals surface area contributed by atoms with Crippen LogP contribution < -0.4 is 10.1 Å². The van der Waals surface area contributed by atoms with Gasteiger partial charge in [0.05, 0.1) is 5.92 Å². The molecule has 1 heterocycles. The molecule has 0 spiro atoms. The van der Waals surface area contributed by atoms with Crippen molar-refractivity contribution in [1.82, 2.24) is 5.32 Å². The van der Waals surface area contributed by atoms with Gasteiger partial charge in [-0.2, -0.15) is 0 Å². The van der Waals surface area contributed by atoms with Gasteiger partial charge >= 0.3 is 0 Å². The molecule has 110 valence electrons. The molecule has 2 unspecified atom stereocenters. The predicted octanol–water partition coefficient (Wildman–Crippen LogP) is 3.18. The number of para-hydroxylation sites is 1. The van der Waals surface area contributed by atoms with Crippen LogP contribution in [-0.4, -0.2) is 18.6 Å². The van der Waals surface area contributed by atoms with E-state index in [0.717, 1.165) is 30.6 Å². The van der Waals surface area contributed by atoms with E-state index in [-0.39, 0.29) is 17.9 Å². The molecule has 20 heavy (non-hydrogen) atoms. The third kappa shape index (κ3) is 3.99. The molecule has 3 heteroatoms. The van der Waals surface area contributed by atoms with Gasteiger partial charge in [-0.25, -0.2) is 0 Å². The number of hydrogen-bond acceptors (Lipinski definition) is 2. The Balaban J connectivity index is 1.85. The lowest BCUT2D eigenvalue weighted by molar-refractivity contribution is -0.126. The van der Waals surface area contributed by atoms with Crippen LogP contribution in [0, 0.1) is 11.8 Å². The second-order valence-corrected chi connectivity index (χ2v) is 6.20. The summed E-state index contributed by atoms with van der Waals surface area (Å²) >= 11 is 0. The number of ether oxygens (including phenoxy) is 1. The fourth-order valence-electron chi connectivity index (χ4n) is 2.51. The summed E-state index contributed by atoms with van der Waals surface area (Å²) in [5, 5.41) is 3.12. The molecule has 3 nitrogen and oxygen atoms in total. The maximum absolute atomic E-state index is 12.3. The molecule has 2 rings (SSSR count). The van der Waals surface area contributed by atoms with E-state index in [1.165, 1.54) is 0 Å². The fourth-order valence-corrected chi connectivity index (χ4v) is 2.51. The van der Waals surface area contributed by atoms with Crippen LogP contribution in [0.5, 0.6) is 5.75 Å². The Morgan fingerprint density at radius 2 is 2.05 bits per heavy atom. The lowest BCUT2D eigenvalue weighted by atomic mass is 9.95. The topological polar surface area (TPSA) is 38.3 Å². The second-order valence-electron chi connectivity index (χ2n) is 6.20. The van der Waals surface area contributed by atoms with Gasteiger partial charge in [0.2, 0.25) is 5.91 Å². The van der Waals surface area contributed by atoms with E-state index >= 15 is 0 Å². The van der Waals surface area contributed by atoms with Crippen LogP contribution in [0.15, 0.2) is 24.3 Å². The van der Waals surface area contributed by atoms with Gasteiger partial charge in [0.1, 0.15) is 12.4 Å². The molecule has 1 aliphatic heterocycles. The summed E-state index contributed by atoms with van der Waals surface area (Å²) < 4.78 is 5.68. The maximum Gasteiger partial charge on any atom is 0.227 e. The van der Waals surface area contributed by atoms with Gasteiger partial charge < -0.3 is 10.1 Å². The van der Waals surface area contributed by atoms with Crippen molar-refractivity contribution < 1.29 is 9.53 Å². The highest BCUT2D eigenvalue weighted by Crippen LogP contribution is 2.26. The first-order valence-corrected chi connectivity index (χ1v) is 7.57. The standard InChI is InChI=1S/C17H25NO2/c1-12(2)8-9-13(3)18-17(19)15-10-14-6-4-5-7-16(14)20-11-15/h4-7,12-13,15H,8-11H2,1-3H3,(H,18,19). The second kappa shape index (κ2) is 6.78. The highest BCUT2D eigenvalue weighted by Gasteiger charge is 2.26. The Hall–Kier alpha value is -1.51. The molecule has 0 saturated heterocycles. The number of carbonyl (C=O) groups is 1. The quantitative estimate of drug-likeness (QED) is 0.896. The van der Waals surface area contributed by atoms with Crippen molar-refractivity contribution in [2.24, 2.45) is 11.8 Å². The van der Waals surface area contributed by atoms with Crippen molar-refractivity contribution in [2.45, 2.75) is 46.1 Å². The molecule has 0 aromatic heterocycles. The van der Waals surface area contributed by atoms with Crippen LogP contribution in [0.3, 0.4) is 0 Å². The summed E-state index contributed by atoms with van der Waals surface area (Å²) in [5.74, 6) is 1.66. The summed E-state index contributed by atoms with van der Waals surface area (Å²) in [7, 11) is 0. The minimum Gasteiger partial charge on any atom is -0.492 e. The van der Waals surface area contributed by atoms with Crippen molar-refractivity contribution >= 4 is 5.91 Å². The Bertz CT molecular complexity index is 456. The molecular weight excluding hydrogens is 250 g/mol. The molecule has 1 N–H and O–H groups in total. The zero-order valence-corrected chi connectivity index (χ0v) is 12.7. The lowest BCUT2D eigenvalue weighted by Crippen LogP contribution is -2.41. The average molecular weight is 275 g/mol. The molecule has 0 aliphatic carbocycles. The number of fused-ring (bicyclic) bond motifs is 1. The third-order valence-corrected chi connectivity index (χ3v) is 3.82. The minimum atomic E-state index is -0.0635. The summed E-state index contributed by atoms with van der Waals surface area (Å²) in [6.45, 7) is 6.98. The molecule has 0 fully saturated rings. The Labute approximate surface area is 121 Å². The Morgan fingerprint density at radius 3 is 2.80 bits per heavy atom. The van der Waals surface area contributed by atoms with Crippen LogP contribution >= 0.6 is 0 Å². The van der Waals surface area contributed by atoms with E-state index in [4.69, 9.17) is 4.74 Å². The van der Waals surface area contributed by atoms with E-state index in [2.05, 4.69) is 26.1 Å². The van der Waals surface area contributed by atoms with Crippen LogP contribution in [0.2, 0.25) is 0 Å². The zero-order chi connectivity index (χ0) is 14.5. The Kier molecular flexibility index (Phi) is 5.05. The number of benzene rings is 1. The van der Waals surface area contributed by atoms with Gasteiger partial charge in [-0.3, -0.25) is 4.79 Å². The molecule has 0 radical (unpaired) electrons. The average Bonchev–Trinajstić information content (AvgIpc) is 2.44. The van der Waals surface area contributed by atoms with Crippen LogP contribution in [-0.2, 0) is 11.2 Å². The van der Waals surface area contributed by atoms with Crippen LogP contribution in [0.4, 0.5) is 0 Å². The van der Waals surface area contributed by atoms with E-state index in [9.17, 15) is 4.79 Å². The Morgan fingerprint density at radius 1 is 1.30 bits per heavy atom. The minimum absolute atomic E-state index is 0.0635. The van der Waals surface area contributed by atoms with Crippen LogP contribution in [0.25, 0.3) is 0 Å². The molecular formula is C17H25NO2. The summed E-state index contributed by atoms with van der Waals surface area (Å²) in [4.78, 5) is 12.3. The zero-order valence-electron chi connectivity index (χ0n) is 12.7. The van der Waals surface area contributed by atoms with Gasteiger partial charge in [-0.15, -0.1) is 0 Å². The first kappa shape index (κ1) is 14.9. The van der Waals surface area contributed by atoms with E-state index < -0.39 is 0 Å². The first-order chi connectivity index (χ1) is 9.56. The van der Waals surface area contributed by atoms with Gasteiger partial charge in [-0.05, 0) is 43.7 Å². The lowest BCUT2D eigenvalue weighted by Gasteiger charge is -2.26. The van der Waals surface area contributed by atoms with Crippen molar-refractivity contribution in [3.05, 3.63) is 29.8 Å². The molecule has 2 atom stereocenters. The van der Waals surface area contributed by atoms with E-state index in [0.29, 0.717) is 12.5 Å². The van der Waals surface area contributed by atoms with Crippen molar-refractivity contribution in [2.75, 3.05) is 6.61 Å². The van der Waals surface area contributed by atoms with Gasteiger partial charge in [-0.1, -0.05) is 32.0 Å². The van der Waals surface area contributed by atoms with Gasteiger partial charge in [0.15, 0.2) is 0 Å². The van der Waals surface area contributed by atoms with Gasteiger partial charge in [0.25, 0.3) is 0 Å². The van der Waals surface area contributed by atoms with Crippen molar-refractivity contribution in [1.29, 1.82) is 0 Å². The largest absolute Gasteiger partial charge is 0.492 e. The number of nitrogens with one attached hydrogen (secondary N) is 1. The molecule has 1 aromatic rings. The molecule has 1 aromatic carbocycles. The first-order valence-electron chi connectivity index (χ1n) is 7.57. The molecule has 0 saturated carbocycles. The third-order valence-electron chi connectivity index (χ3n) is 3.82. The number of carbonyl (C=O) groups excluding carboxylic acids is 1. The monoisotopic (exact) mass is 275 g/mol. The van der Waals surface area contributed by atoms with Crippen molar-refractivity contribution in [3.63, 3.8) is 0 Å². The number of hydrogen-bond donors (Lipinski definition) is 1. The summed E-state index contributed by atoms with van der Waals surface area (Å²) in [5.41, 5.74) is 1.13. The molecule has 0 bridgehead atoms. The summed E-state index contributed by atoms with van der Waals surface area (Å²) in [6, 6.07) is 8.20. The normalized spacial score (nSPS) is 19.1. The van der Waals surface area contributed by atoms with Crippen molar-refractivity contribution in [3.8, 4) is 5.75 Å². The van der Waals surface area contributed by atoms with E-state index in [1.54, 1.807) is 0 Å². The number of amides is 1. The SMILES string of the molecule is CC(C)CCC(C)NC(=O)C1COc2ccccc2C1. The predicted molar refractivity (Wildman–Crippen MR) is 80.8 cm³/mol. The van der Waals surface area contributed by atoms with Gasteiger partial charge in [0, 0.05) is 6.04 Å². The summed E-state index contributed by atoms with van der Waals surface area (Å²) in [6.07, 6.45) is 2.96. The van der Waals surface area contributed by atoms with E-state index in [1.807, 2.05) is 24.3 Å². The fraction of sp³-hybridized carbons (Fsp3) is 0.588. The maximum atomic E-state index is 12.3.